The maximum atomic E-state index is 6.28. The van der Waals surface area contributed by atoms with Crippen LogP contribution in [0.1, 0.15) is 83.1 Å². The Morgan fingerprint density at radius 3 is 0.675 bits per heavy atom. The summed E-state index contributed by atoms with van der Waals surface area (Å²) in [7, 11) is -1.05. The van der Waals surface area contributed by atoms with Crippen molar-refractivity contribution in [1.29, 1.82) is 0 Å². The van der Waals surface area contributed by atoms with Gasteiger partial charge in [-0.25, -0.2) is 0 Å². The molecule has 10 aromatic rings. The van der Waals surface area contributed by atoms with Crippen molar-refractivity contribution in [3.63, 3.8) is 0 Å². The lowest BCUT2D eigenvalue weighted by atomic mass is 9.74. The molecule has 0 radical (unpaired) electrons. The van der Waals surface area contributed by atoms with Gasteiger partial charge in [0, 0.05) is 4.47 Å². The molecule has 80 heavy (non-hydrogen) atoms. The Labute approximate surface area is 482 Å². The van der Waals surface area contributed by atoms with Gasteiger partial charge in [0.05, 0.1) is 33.6 Å². The summed E-state index contributed by atoms with van der Waals surface area (Å²) in [5.74, 6) is 0. The zero-order valence-corrected chi connectivity index (χ0v) is 49.8. The van der Waals surface area contributed by atoms with Crippen molar-refractivity contribution >= 4 is 96.8 Å². The number of rotatable bonds is 6. The number of hydrogen-bond acceptors (Lipinski definition) is 6. The molecule has 0 saturated carbocycles. The molecule has 0 atom stereocenters. The lowest BCUT2D eigenvalue weighted by Crippen LogP contribution is -2.41. The molecule has 10 heteroatoms. The second kappa shape index (κ2) is 21.2. The van der Waals surface area contributed by atoms with Gasteiger partial charge in [-0.15, -0.1) is 0 Å². The minimum absolute atomic E-state index is 0.331. The highest BCUT2D eigenvalue weighted by molar-refractivity contribution is 9.10. The standard InChI is InChI=1S/C32H29BO2.C20H13Br.C18H28B2O4/c1-31(2)32(3,4)35-33(34-31)24-20-18-23(19-21-24)30-27-16-10-8-14-25(27)29(22-12-6-5-7-13-22)26-15-9-11-17-28(26)30;21-20-17-12-6-4-10-15(17)19(14-8-2-1-3-9-14)16-11-5-7-13-18(16)20;1-15(2)16(3,4)22-19(21-15)13-9-11-14(12-10-13)20-23-17(5,6)18(7,8)24-20/h5-21H,1-4H3;1-13H;9-12H,1-8H3. The van der Waals surface area contributed by atoms with Crippen LogP contribution < -0.4 is 16.4 Å². The zero-order chi connectivity index (χ0) is 56.4. The van der Waals surface area contributed by atoms with Crippen LogP contribution in [0.3, 0.4) is 0 Å². The van der Waals surface area contributed by atoms with E-state index in [-0.39, 0.29) is 55.0 Å². The van der Waals surface area contributed by atoms with Crippen LogP contribution in [0.5, 0.6) is 0 Å². The van der Waals surface area contributed by atoms with Crippen molar-refractivity contribution in [3.05, 3.63) is 211 Å². The molecular formula is C70H70B3BrO6. The molecule has 6 nitrogen and oxygen atoms in total. The van der Waals surface area contributed by atoms with E-state index in [9.17, 15) is 0 Å². The third-order valence-electron chi connectivity index (χ3n) is 17.6. The fourth-order valence-corrected chi connectivity index (χ4v) is 11.6. The van der Waals surface area contributed by atoms with Gasteiger partial charge >= 0.3 is 21.4 Å². The molecule has 3 heterocycles. The molecule has 0 amide bonds. The Kier molecular flexibility index (Phi) is 14.7. The van der Waals surface area contributed by atoms with E-state index in [1.54, 1.807) is 0 Å². The summed E-state index contributed by atoms with van der Waals surface area (Å²) in [6, 6.07) is 72.8. The fourth-order valence-electron chi connectivity index (χ4n) is 10.9. The summed E-state index contributed by atoms with van der Waals surface area (Å²) in [6.45, 7) is 24.9. The maximum Gasteiger partial charge on any atom is 0.494 e. The third-order valence-corrected chi connectivity index (χ3v) is 18.5. The minimum Gasteiger partial charge on any atom is -0.399 e. The summed E-state index contributed by atoms with van der Waals surface area (Å²) in [5, 5.41) is 10.1. The van der Waals surface area contributed by atoms with Crippen molar-refractivity contribution in [2.24, 2.45) is 0 Å². The van der Waals surface area contributed by atoms with Crippen molar-refractivity contribution in [2.75, 3.05) is 0 Å². The van der Waals surface area contributed by atoms with E-state index in [4.69, 9.17) is 27.9 Å². The van der Waals surface area contributed by atoms with Crippen LogP contribution in [0.4, 0.5) is 0 Å². The van der Waals surface area contributed by atoms with Gasteiger partial charge in [0.2, 0.25) is 0 Å². The third kappa shape index (κ3) is 10.3. The summed E-state index contributed by atoms with van der Waals surface area (Å²) >= 11 is 3.79. The Morgan fingerprint density at radius 1 is 0.237 bits per heavy atom. The molecule has 0 aromatic heterocycles. The van der Waals surface area contributed by atoms with Gasteiger partial charge < -0.3 is 27.9 Å². The van der Waals surface area contributed by atoms with Crippen LogP contribution in [-0.2, 0) is 27.9 Å². The van der Waals surface area contributed by atoms with E-state index in [1.807, 2.05) is 24.3 Å². The Balaban J connectivity index is 0.000000132. The lowest BCUT2D eigenvalue weighted by molar-refractivity contribution is 0.00578. The highest BCUT2D eigenvalue weighted by Gasteiger charge is 2.54. The summed E-state index contributed by atoms with van der Waals surface area (Å²) in [4.78, 5) is 0. The fraction of sp³-hybridized carbons (Fsp3) is 0.257. The first-order valence-electron chi connectivity index (χ1n) is 28.0. The molecule has 3 aliphatic heterocycles. The molecule has 3 saturated heterocycles. The van der Waals surface area contributed by atoms with Crippen LogP contribution in [0.25, 0.3) is 76.5 Å². The largest absolute Gasteiger partial charge is 0.494 e. The maximum absolute atomic E-state index is 6.28. The van der Waals surface area contributed by atoms with Crippen LogP contribution >= 0.6 is 15.9 Å². The summed E-state index contributed by atoms with van der Waals surface area (Å²) in [6.07, 6.45) is 0. The van der Waals surface area contributed by atoms with Gasteiger partial charge in [0.1, 0.15) is 0 Å². The monoisotopic (exact) mass is 1120 g/mol. The molecule has 0 N–H and O–H groups in total. The quantitative estimate of drug-likeness (QED) is 0.122. The molecule has 3 fully saturated rings. The Morgan fingerprint density at radius 2 is 0.425 bits per heavy atom. The van der Waals surface area contributed by atoms with E-state index in [0.717, 1.165) is 16.4 Å². The number of fused-ring (bicyclic) bond motifs is 4. The molecule has 10 aromatic carbocycles. The second-order valence-corrected chi connectivity index (χ2v) is 25.2. The predicted molar refractivity (Wildman–Crippen MR) is 341 cm³/mol. The number of halogens is 1. The molecule has 0 bridgehead atoms. The van der Waals surface area contributed by atoms with E-state index in [0.29, 0.717) is 0 Å². The van der Waals surface area contributed by atoms with Gasteiger partial charge in [-0.1, -0.05) is 206 Å². The van der Waals surface area contributed by atoms with Crippen molar-refractivity contribution in [3.8, 4) is 33.4 Å². The first-order chi connectivity index (χ1) is 38.1. The van der Waals surface area contributed by atoms with Gasteiger partial charge in [-0.3, -0.25) is 0 Å². The Bertz CT molecular complexity index is 3660. The molecule has 402 valence electrons. The van der Waals surface area contributed by atoms with Crippen molar-refractivity contribution < 1.29 is 27.9 Å². The molecule has 0 aliphatic carbocycles. The average molecular weight is 1120 g/mol. The van der Waals surface area contributed by atoms with E-state index >= 15 is 0 Å². The molecule has 13 rings (SSSR count). The molecular weight excluding hydrogens is 1050 g/mol. The van der Waals surface area contributed by atoms with Gasteiger partial charge in [0.25, 0.3) is 0 Å². The van der Waals surface area contributed by atoms with E-state index in [2.05, 4.69) is 281 Å². The first-order valence-corrected chi connectivity index (χ1v) is 28.8. The van der Waals surface area contributed by atoms with Gasteiger partial charge in [-0.05, 0) is 192 Å². The highest BCUT2D eigenvalue weighted by atomic mass is 79.9. The Hall–Kier alpha value is -6.33. The normalized spacial score (nSPS) is 18.3. The van der Waals surface area contributed by atoms with Crippen LogP contribution in [0, 0.1) is 0 Å². The predicted octanol–water partition coefficient (Wildman–Crippen LogP) is 16.3. The molecule has 3 aliphatic rings. The lowest BCUT2D eigenvalue weighted by Gasteiger charge is -2.32. The van der Waals surface area contributed by atoms with Gasteiger partial charge in [0.15, 0.2) is 0 Å². The topological polar surface area (TPSA) is 55.4 Å². The first kappa shape index (κ1) is 55.6. The molecule has 0 spiro atoms. The molecule has 0 unspecified atom stereocenters. The van der Waals surface area contributed by atoms with Crippen LogP contribution in [0.15, 0.2) is 211 Å². The van der Waals surface area contributed by atoms with Gasteiger partial charge in [-0.2, -0.15) is 0 Å². The number of benzene rings is 10. The summed E-state index contributed by atoms with van der Waals surface area (Å²) < 4.78 is 38.1. The van der Waals surface area contributed by atoms with Crippen LogP contribution in [0.2, 0.25) is 0 Å². The van der Waals surface area contributed by atoms with Crippen LogP contribution in [-0.4, -0.2) is 55.0 Å². The van der Waals surface area contributed by atoms with E-state index in [1.165, 1.54) is 80.9 Å². The SMILES string of the molecule is Brc1c2ccccc2c(-c2ccccc2)c2ccccc12.CC1(C)OB(c2ccc(-c3c4ccccc4c(-c4ccccc4)c4ccccc34)cc2)OC1(C)C.CC1(C)OB(c2ccc(B3OC(C)(C)C(C)(C)O3)cc2)OC1(C)C. The smallest absolute Gasteiger partial charge is 0.399 e. The van der Waals surface area contributed by atoms with Crippen molar-refractivity contribution in [1.82, 2.24) is 0 Å². The zero-order valence-electron chi connectivity index (χ0n) is 48.2. The summed E-state index contributed by atoms with van der Waals surface area (Å²) in [5.41, 5.74) is 8.58. The number of hydrogen-bond donors (Lipinski definition) is 0. The minimum atomic E-state index is -0.358. The average Bonchev–Trinajstić information content (AvgIpc) is 4.09. The van der Waals surface area contributed by atoms with E-state index < -0.39 is 0 Å². The van der Waals surface area contributed by atoms with Crippen molar-refractivity contribution in [2.45, 2.75) is 117 Å². The highest BCUT2D eigenvalue weighted by Crippen LogP contribution is 2.45. The second-order valence-electron chi connectivity index (χ2n) is 24.4.